The quantitative estimate of drug-likeness (QED) is 0.286. The standard InChI is InChI=1S/C30H38N4O3/c1-20-6-7-26(37-20)30-24-17-22(16-21-8-10-31-11-9-21)32-29(24)23-18-27(35-2)28(19-25(23)33-30)36-15-5-14-34-12-3-4-13-34/h6-7,17-19,21,31-32H,3-5,8-16H2,1-2H3. The summed E-state index contributed by atoms with van der Waals surface area (Å²) in [4.78, 5) is 11.4. The average molecular weight is 503 g/mol. The van der Waals surface area contributed by atoms with E-state index in [-0.39, 0.29) is 0 Å². The number of hydrogen-bond donors (Lipinski definition) is 2. The van der Waals surface area contributed by atoms with Crippen LogP contribution < -0.4 is 14.8 Å². The number of benzene rings is 1. The molecule has 2 aliphatic heterocycles. The fourth-order valence-corrected chi connectivity index (χ4v) is 5.94. The number of fused-ring (bicyclic) bond motifs is 3. The van der Waals surface area contributed by atoms with Crippen LogP contribution in [-0.4, -0.2) is 61.3 Å². The molecule has 2 aliphatic rings. The first-order chi connectivity index (χ1) is 18.2. The number of methoxy groups -OCH3 is 1. The molecule has 0 radical (unpaired) electrons. The summed E-state index contributed by atoms with van der Waals surface area (Å²) in [5.74, 6) is 3.85. The van der Waals surface area contributed by atoms with Crippen molar-refractivity contribution in [1.82, 2.24) is 20.2 Å². The third-order valence-corrected chi connectivity index (χ3v) is 7.93. The number of nitrogens with zero attached hydrogens (tertiary/aromatic N) is 2. The van der Waals surface area contributed by atoms with Gasteiger partial charge < -0.3 is 29.1 Å². The topological polar surface area (TPSA) is 75.6 Å². The smallest absolute Gasteiger partial charge is 0.163 e. The van der Waals surface area contributed by atoms with E-state index in [2.05, 4.69) is 27.3 Å². The van der Waals surface area contributed by atoms with Gasteiger partial charge in [-0.05, 0) is 102 Å². The molecule has 0 unspecified atom stereocenters. The summed E-state index contributed by atoms with van der Waals surface area (Å²) in [5, 5.41) is 5.61. The van der Waals surface area contributed by atoms with Crippen molar-refractivity contribution in [2.24, 2.45) is 5.92 Å². The largest absolute Gasteiger partial charge is 0.493 e. The molecular weight excluding hydrogens is 464 g/mol. The molecule has 4 aromatic rings. The Bertz CT molecular complexity index is 1360. The van der Waals surface area contributed by atoms with Gasteiger partial charge >= 0.3 is 0 Å². The van der Waals surface area contributed by atoms with Gasteiger partial charge in [0.05, 0.1) is 24.8 Å². The van der Waals surface area contributed by atoms with Gasteiger partial charge in [-0.3, -0.25) is 0 Å². The lowest BCUT2D eigenvalue weighted by atomic mass is 9.93. The Hall–Kier alpha value is -3.03. The molecule has 0 aliphatic carbocycles. The Balaban J connectivity index is 1.35. The molecule has 37 heavy (non-hydrogen) atoms. The highest BCUT2D eigenvalue weighted by molar-refractivity contribution is 6.10. The first-order valence-electron chi connectivity index (χ1n) is 13.8. The van der Waals surface area contributed by atoms with Crippen LogP contribution in [0.25, 0.3) is 33.3 Å². The van der Waals surface area contributed by atoms with Gasteiger partial charge in [0.1, 0.15) is 11.5 Å². The molecular formula is C30H38N4O3. The van der Waals surface area contributed by atoms with E-state index >= 15 is 0 Å². The van der Waals surface area contributed by atoms with Crippen molar-refractivity contribution in [2.75, 3.05) is 46.4 Å². The van der Waals surface area contributed by atoms with E-state index in [4.69, 9.17) is 18.9 Å². The molecule has 7 nitrogen and oxygen atoms in total. The molecule has 2 saturated heterocycles. The number of H-pyrrole nitrogens is 1. The van der Waals surface area contributed by atoms with E-state index in [1.807, 2.05) is 25.1 Å². The van der Waals surface area contributed by atoms with Gasteiger partial charge in [0.15, 0.2) is 17.3 Å². The van der Waals surface area contributed by atoms with Gasteiger partial charge in [0, 0.05) is 29.1 Å². The highest BCUT2D eigenvalue weighted by Gasteiger charge is 2.21. The number of pyridine rings is 1. The number of likely N-dealkylation sites (tertiary alicyclic amines) is 1. The Morgan fingerprint density at radius 2 is 1.89 bits per heavy atom. The Morgan fingerprint density at radius 3 is 2.65 bits per heavy atom. The SMILES string of the molecule is COc1cc2c(cc1OCCCN1CCCC1)nc(-c1ccc(C)o1)c1cc(CC3CCNCC3)[nH]c12. The minimum absolute atomic E-state index is 0.660. The molecule has 2 fully saturated rings. The lowest BCUT2D eigenvalue weighted by Gasteiger charge is -2.21. The monoisotopic (exact) mass is 502 g/mol. The molecule has 1 aromatic carbocycles. The Morgan fingerprint density at radius 1 is 1.05 bits per heavy atom. The molecule has 0 saturated carbocycles. The highest BCUT2D eigenvalue weighted by atomic mass is 16.5. The number of furan rings is 1. The van der Waals surface area contributed by atoms with Crippen molar-refractivity contribution in [1.29, 1.82) is 0 Å². The summed E-state index contributed by atoms with van der Waals surface area (Å²) in [7, 11) is 1.71. The van der Waals surface area contributed by atoms with Crippen LogP contribution in [0.15, 0.2) is 34.7 Å². The summed E-state index contributed by atoms with van der Waals surface area (Å²) >= 11 is 0. The first-order valence-corrected chi connectivity index (χ1v) is 13.8. The van der Waals surface area contributed by atoms with E-state index < -0.39 is 0 Å². The minimum Gasteiger partial charge on any atom is -0.493 e. The first kappa shape index (κ1) is 24.3. The second-order valence-corrected chi connectivity index (χ2v) is 10.6. The predicted molar refractivity (Wildman–Crippen MR) is 148 cm³/mol. The van der Waals surface area contributed by atoms with Crippen molar-refractivity contribution >= 4 is 21.8 Å². The van der Waals surface area contributed by atoms with E-state index in [0.717, 1.165) is 83.0 Å². The summed E-state index contributed by atoms with van der Waals surface area (Å²) in [6.07, 6.45) is 7.10. The van der Waals surface area contributed by atoms with Crippen LogP contribution in [-0.2, 0) is 6.42 Å². The van der Waals surface area contributed by atoms with Crippen LogP contribution in [0.5, 0.6) is 11.5 Å². The lowest BCUT2D eigenvalue weighted by Crippen LogP contribution is -2.28. The molecule has 0 atom stereocenters. The number of aromatic amines is 1. The molecule has 0 spiro atoms. The third kappa shape index (κ3) is 5.20. The van der Waals surface area contributed by atoms with Crippen LogP contribution >= 0.6 is 0 Å². The normalized spacial score (nSPS) is 17.2. The highest BCUT2D eigenvalue weighted by Crippen LogP contribution is 2.39. The number of ether oxygens (including phenoxy) is 2. The van der Waals surface area contributed by atoms with Crippen LogP contribution in [0.4, 0.5) is 0 Å². The number of rotatable bonds is 9. The van der Waals surface area contributed by atoms with Gasteiger partial charge in [-0.15, -0.1) is 0 Å². The van der Waals surface area contributed by atoms with Gasteiger partial charge in [-0.25, -0.2) is 4.98 Å². The maximum absolute atomic E-state index is 6.23. The minimum atomic E-state index is 0.660. The van der Waals surface area contributed by atoms with Crippen LogP contribution in [0.1, 0.15) is 43.6 Å². The molecule has 196 valence electrons. The number of hydrogen-bond acceptors (Lipinski definition) is 6. The van der Waals surface area contributed by atoms with Gasteiger partial charge in [0.25, 0.3) is 0 Å². The van der Waals surface area contributed by atoms with Crippen LogP contribution in [0.2, 0.25) is 0 Å². The molecule has 0 bridgehead atoms. The predicted octanol–water partition coefficient (Wildman–Crippen LogP) is 5.70. The summed E-state index contributed by atoms with van der Waals surface area (Å²) in [6, 6.07) is 10.4. The second-order valence-electron chi connectivity index (χ2n) is 10.6. The van der Waals surface area contributed by atoms with Crippen molar-refractivity contribution in [3.63, 3.8) is 0 Å². The van der Waals surface area contributed by atoms with Crippen LogP contribution in [0.3, 0.4) is 0 Å². The van der Waals surface area contributed by atoms with E-state index in [0.29, 0.717) is 12.5 Å². The maximum Gasteiger partial charge on any atom is 0.163 e. The molecule has 5 heterocycles. The van der Waals surface area contributed by atoms with Crippen molar-refractivity contribution in [3.8, 4) is 23.0 Å². The molecule has 6 rings (SSSR count). The number of piperidine rings is 1. The summed E-state index contributed by atoms with van der Waals surface area (Å²) < 4.78 is 18.1. The van der Waals surface area contributed by atoms with E-state index in [1.54, 1.807) is 7.11 Å². The second kappa shape index (κ2) is 10.8. The van der Waals surface area contributed by atoms with E-state index in [9.17, 15) is 0 Å². The zero-order chi connectivity index (χ0) is 25.2. The van der Waals surface area contributed by atoms with E-state index in [1.165, 1.54) is 44.5 Å². The third-order valence-electron chi connectivity index (χ3n) is 7.93. The number of nitrogens with one attached hydrogen (secondary N) is 2. The fraction of sp³-hybridized carbons (Fsp3) is 0.500. The zero-order valence-corrected chi connectivity index (χ0v) is 22.1. The Labute approximate surface area is 218 Å². The van der Waals surface area contributed by atoms with Crippen LogP contribution in [0, 0.1) is 12.8 Å². The molecule has 2 N–H and O–H groups in total. The average Bonchev–Trinajstić information content (AvgIpc) is 3.68. The van der Waals surface area contributed by atoms with Crippen molar-refractivity contribution in [3.05, 3.63) is 41.8 Å². The Kier molecular flexibility index (Phi) is 7.07. The molecule has 3 aromatic heterocycles. The summed E-state index contributed by atoms with van der Waals surface area (Å²) in [6.45, 7) is 8.34. The fourth-order valence-electron chi connectivity index (χ4n) is 5.94. The van der Waals surface area contributed by atoms with Crippen molar-refractivity contribution < 1.29 is 13.9 Å². The van der Waals surface area contributed by atoms with Crippen molar-refractivity contribution in [2.45, 2.75) is 45.4 Å². The van der Waals surface area contributed by atoms with Gasteiger partial charge in [-0.1, -0.05) is 0 Å². The summed E-state index contributed by atoms with van der Waals surface area (Å²) in [5.41, 5.74) is 4.08. The molecule has 0 amide bonds. The maximum atomic E-state index is 6.23. The number of aromatic nitrogens is 2. The van der Waals surface area contributed by atoms with Gasteiger partial charge in [0.2, 0.25) is 0 Å². The zero-order valence-electron chi connectivity index (χ0n) is 22.1. The van der Waals surface area contributed by atoms with Gasteiger partial charge in [-0.2, -0.15) is 0 Å². The number of aryl methyl sites for hydroxylation is 1. The molecule has 7 heteroatoms. The lowest BCUT2D eigenvalue weighted by molar-refractivity contribution is 0.254.